The number of nitrogens with zero attached hydrogens (tertiary/aromatic N) is 3. The number of carbonyl (C=O) groups is 1. The van der Waals surface area contributed by atoms with E-state index in [2.05, 4.69) is 14.6 Å². The van der Waals surface area contributed by atoms with Crippen molar-refractivity contribution in [3.63, 3.8) is 0 Å². The van der Waals surface area contributed by atoms with Gasteiger partial charge in [0, 0.05) is 59.6 Å². The lowest BCUT2D eigenvalue weighted by Crippen LogP contribution is -2.54. The third-order valence-corrected chi connectivity index (χ3v) is 8.89. The van der Waals surface area contributed by atoms with Crippen LogP contribution in [-0.2, 0) is 10.0 Å². The van der Waals surface area contributed by atoms with Gasteiger partial charge in [0.1, 0.15) is 10.7 Å². The molecule has 4 aromatic rings. The summed E-state index contributed by atoms with van der Waals surface area (Å²) in [5.41, 5.74) is 2.06. The number of para-hydroxylation sites is 1. The SMILES string of the molecule is CC(c1ccc(F)cc1Cl)N1CCN(C(=O)c2ccc(NS(=O)(=O)c3cccc4cccnc34)cc2)[C@H](C)C1. The van der Waals surface area contributed by atoms with Crippen LogP contribution < -0.4 is 4.72 Å². The fourth-order valence-electron chi connectivity index (χ4n) is 5.03. The Balaban J connectivity index is 1.26. The molecule has 1 aliphatic rings. The number of amides is 1. The molecule has 5 rings (SSSR count). The highest BCUT2D eigenvalue weighted by Crippen LogP contribution is 2.30. The summed E-state index contributed by atoms with van der Waals surface area (Å²) < 4.78 is 42.3. The Morgan fingerprint density at radius 1 is 1.08 bits per heavy atom. The van der Waals surface area contributed by atoms with Crippen molar-refractivity contribution in [3.05, 3.63) is 101 Å². The van der Waals surface area contributed by atoms with Crippen molar-refractivity contribution in [1.29, 1.82) is 0 Å². The zero-order valence-corrected chi connectivity index (χ0v) is 23.1. The highest BCUT2D eigenvalue weighted by Gasteiger charge is 2.31. The van der Waals surface area contributed by atoms with E-state index >= 15 is 0 Å². The van der Waals surface area contributed by atoms with Crippen LogP contribution in [0.2, 0.25) is 5.02 Å². The number of benzene rings is 3. The van der Waals surface area contributed by atoms with Crippen LogP contribution in [0.3, 0.4) is 0 Å². The number of aromatic nitrogens is 1. The van der Waals surface area contributed by atoms with E-state index in [1.54, 1.807) is 60.8 Å². The molecule has 10 heteroatoms. The normalized spacial score (nSPS) is 17.2. The maximum absolute atomic E-state index is 13.5. The second-order valence-electron chi connectivity index (χ2n) is 9.70. The number of rotatable bonds is 6. The molecule has 1 amide bonds. The molecule has 0 spiro atoms. The number of hydrogen-bond acceptors (Lipinski definition) is 5. The van der Waals surface area contributed by atoms with Gasteiger partial charge in [-0.15, -0.1) is 0 Å². The molecule has 0 aliphatic carbocycles. The van der Waals surface area contributed by atoms with E-state index < -0.39 is 10.0 Å². The summed E-state index contributed by atoms with van der Waals surface area (Å²) in [6.07, 6.45) is 1.56. The number of fused-ring (bicyclic) bond motifs is 1. The Morgan fingerprint density at radius 3 is 2.54 bits per heavy atom. The summed E-state index contributed by atoms with van der Waals surface area (Å²) in [7, 11) is -3.89. The summed E-state index contributed by atoms with van der Waals surface area (Å²) in [5.74, 6) is -0.494. The fourth-order valence-corrected chi connectivity index (χ4v) is 6.59. The first kappa shape index (κ1) is 27.1. The maximum atomic E-state index is 13.5. The van der Waals surface area contributed by atoms with Crippen LogP contribution in [0.25, 0.3) is 10.9 Å². The Kier molecular flexibility index (Phi) is 7.57. The van der Waals surface area contributed by atoms with Crippen molar-refractivity contribution in [2.45, 2.75) is 30.8 Å². The van der Waals surface area contributed by atoms with E-state index in [0.717, 1.165) is 10.9 Å². The van der Waals surface area contributed by atoms with Crippen molar-refractivity contribution < 1.29 is 17.6 Å². The van der Waals surface area contributed by atoms with Gasteiger partial charge < -0.3 is 4.90 Å². The Hall–Kier alpha value is -3.53. The molecular formula is C29H28ClFN4O3S. The lowest BCUT2D eigenvalue weighted by atomic mass is 10.0. The van der Waals surface area contributed by atoms with Crippen molar-refractivity contribution in [2.24, 2.45) is 0 Å². The molecule has 39 heavy (non-hydrogen) atoms. The van der Waals surface area contributed by atoms with Gasteiger partial charge in [0.15, 0.2) is 0 Å². The summed E-state index contributed by atoms with van der Waals surface area (Å²) in [4.78, 5) is 21.7. The van der Waals surface area contributed by atoms with Gasteiger partial charge in [0.25, 0.3) is 15.9 Å². The quantitative estimate of drug-likeness (QED) is 0.322. The smallest absolute Gasteiger partial charge is 0.264 e. The minimum absolute atomic E-state index is 0.0259. The highest BCUT2D eigenvalue weighted by molar-refractivity contribution is 7.93. The predicted octanol–water partition coefficient (Wildman–Crippen LogP) is 5.74. The Bertz CT molecular complexity index is 1630. The standard InChI is InChI=1S/C29H28ClFN4O3S/c1-19-18-34(20(2)25-13-10-23(31)17-26(25)30)15-16-35(19)29(36)22-8-11-24(12-9-22)33-39(37,38)27-7-3-5-21-6-4-14-32-28(21)27/h3-14,17,19-20,33H,15-16,18H2,1-2H3/t19-,20?/m1/s1. The van der Waals surface area contributed by atoms with Crippen LogP contribution in [-0.4, -0.2) is 54.8 Å². The van der Waals surface area contributed by atoms with Crippen LogP contribution in [0.15, 0.2) is 83.9 Å². The highest BCUT2D eigenvalue weighted by atomic mass is 35.5. The number of carbonyl (C=O) groups excluding carboxylic acids is 1. The number of piperazine rings is 1. The number of pyridine rings is 1. The molecule has 0 saturated carbocycles. The van der Waals surface area contributed by atoms with Gasteiger partial charge >= 0.3 is 0 Å². The van der Waals surface area contributed by atoms with Gasteiger partial charge in [-0.1, -0.05) is 35.9 Å². The lowest BCUT2D eigenvalue weighted by molar-refractivity contribution is 0.0406. The average molecular weight is 567 g/mol. The average Bonchev–Trinajstić information content (AvgIpc) is 2.92. The molecule has 1 unspecified atom stereocenters. The van der Waals surface area contributed by atoms with E-state index in [0.29, 0.717) is 41.4 Å². The van der Waals surface area contributed by atoms with Crippen molar-refractivity contribution >= 4 is 44.1 Å². The minimum atomic E-state index is -3.89. The molecule has 0 bridgehead atoms. The molecule has 0 radical (unpaired) electrons. The van der Waals surface area contributed by atoms with Crippen molar-refractivity contribution in [1.82, 2.24) is 14.8 Å². The molecule has 202 valence electrons. The predicted molar refractivity (Wildman–Crippen MR) is 151 cm³/mol. The van der Waals surface area contributed by atoms with Crippen molar-refractivity contribution in [2.75, 3.05) is 24.4 Å². The van der Waals surface area contributed by atoms with Crippen LogP contribution in [0.1, 0.15) is 35.8 Å². The first-order valence-corrected chi connectivity index (χ1v) is 14.5. The topological polar surface area (TPSA) is 82.6 Å². The molecule has 1 aromatic heterocycles. The largest absolute Gasteiger partial charge is 0.333 e. The van der Waals surface area contributed by atoms with Gasteiger partial charge in [-0.2, -0.15) is 0 Å². The number of anilines is 1. The van der Waals surface area contributed by atoms with Gasteiger partial charge in [0.05, 0.1) is 5.52 Å². The molecule has 1 N–H and O–H groups in total. The fraction of sp³-hybridized carbons (Fsp3) is 0.241. The number of nitrogens with one attached hydrogen (secondary N) is 1. The second-order valence-corrected chi connectivity index (χ2v) is 11.8. The molecule has 3 aromatic carbocycles. The molecule has 1 saturated heterocycles. The molecule has 1 fully saturated rings. The first-order valence-electron chi connectivity index (χ1n) is 12.6. The van der Waals surface area contributed by atoms with E-state index in [4.69, 9.17) is 11.6 Å². The van der Waals surface area contributed by atoms with E-state index in [1.165, 1.54) is 18.2 Å². The summed E-state index contributed by atoms with van der Waals surface area (Å²) in [5, 5.41) is 1.12. The first-order chi connectivity index (χ1) is 18.6. The summed E-state index contributed by atoms with van der Waals surface area (Å²) in [6.45, 7) is 5.81. The van der Waals surface area contributed by atoms with Gasteiger partial charge in [-0.3, -0.25) is 19.4 Å². The molecule has 7 nitrogen and oxygen atoms in total. The van der Waals surface area contributed by atoms with Crippen LogP contribution >= 0.6 is 11.6 Å². The van der Waals surface area contributed by atoms with Gasteiger partial charge in [0.2, 0.25) is 0 Å². The van der Waals surface area contributed by atoms with E-state index in [1.807, 2.05) is 18.7 Å². The number of hydrogen-bond donors (Lipinski definition) is 1. The molecular weight excluding hydrogens is 539 g/mol. The summed E-state index contributed by atoms with van der Waals surface area (Å²) in [6, 6.07) is 19.3. The zero-order valence-electron chi connectivity index (χ0n) is 21.5. The van der Waals surface area contributed by atoms with Crippen molar-refractivity contribution in [3.8, 4) is 0 Å². The zero-order chi connectivity index (χ0) is 27.7. The number of sulfonamides is 1. The van der Waals surface area contributed by atoms with Gasteiger partial charge in [-0.25, -0.2) is 12.8 Å². The lowest BCUT2D eigenvalue weighted by Gasteiger charge is -2.42. The molecule has 1 aliphatic heterocycles. The molecule has 2 atom stereocenters. The Morgan fingerprint density at radius 2 is 1.82 bits per heavy atom. The third kappa shape index (κ3) is 5.61. The molecule has 2 heterocycles. The van der Waals surface area contributed by atoms with Crippen LogP contribution in [0.4, 0.5) is 10.1 Å². The monoisotopic (exact) mass is 566 g/mol. The maximum Gasteiger partial charge on any atom is 0.264 e. The van der Waals surface area contributed by atoms with Crippen LogP contribution in [0, 0.1) is 5.82 Å². The Labute approximate surface area is 232 Å². The third-order valence-electron chi connectivity index (χ3n) is 7.15. The number of halogens is 2. The van der Waals surface area contributed by atoms with Crippen LogP contribution in [0.5, 0.6) is 0 Å². The van der Waals surface area contributed by atoms with E-state index in [9.17, 15) is 17.6 Å². The van der Waals surface area contributed by atoms with E-state index in [-0.39, 0.29) is 28.7 Å². The van der Waals surface area contributed by atoms with Gasteiger partial charge in [-0.05, 0) is 67.9 Å². The summed E-state index contributed by atoms with van der Waals surface area (Å²) >= 11 is 6.28. The second kappa shape index (κ2) is 10.9. The minimum Gasteiger partial charge on any atom is -0.333 e.